The first-order chi connectivity index (χ1) is 6.23. The fourth-order valence-corrected chi connectivity index (χ4v) is 15.9. The average Bonchev–Trinajstić information content (AvgIpc) is 2.31. The lowest BCUT2D eigenvalue weighted by Crippen LogP contribution is -2.74. The summed E-state index contributed by atoms with van der Waals surface area (Å²) < 4.78 is 4.96. The molecule has 0 spiro atoms. The van der Waals surface area contributed by atoms with Crippen molar-refractivity contribution in [3.63, 3.8) is 0 Å². The molecule has 0 aliphatic carbocycles. The zero-order valence-electron chi connectivity index (χ0n) is 9.74. The van der Waals surface area contributed by atoms with Crippen LogP contribution in [-0.2, 0) is 0 Å². The molecule has 0 aromatic carbocycles. The van der Waals surface area contributed by atoms with Gasteiger partial charge in [0, 0.05) is 0 Å². The van der Waals surface area contributed by atoms with E-state index in [1.54, 1.807) is 0 Å². The van der Waals surface area contributed by atoms with Gasteiger partial charge >= 0.3 is 8.51 Å². The molecule has 1 aromatic heterocycles. The highest BCUT2D eigenvalue weighted by Crippen LogP contribution is 2.16. The lowest BCUT2D eigenvalue weighted by molar-refractivity contribution is -0.521. The standard InChI is InChI=1S/C6H19N4P2Si2/c1-13(2,3)10(14(4,5)6)9-11-7-8-12-9/h11H,1-6H3/q+1. The summed E-state index contributed by atoms with van der Waals surface area (Å²) in [6.45, 7) is 14.4. The molecule has 4 nitrogen and oxygen atoms in total. The summed E-state index contributed by atoms with van der Waals surface area (Å²) in [5, 5.41) is 0. The van der Waals surface area contributed by atoms with Crippen molar-refractivity contribution in [3.05, 3.63) is 0 Å². The molecule has 0 radical (unpaired) electrons. The predicted octanol–water partition coefficient (Wildman–Crippen LogP) is 1.98. The third kappa shape index (κ3) is 2.94. The number of hydrogen-bond donors (Lipinski definition) is 0. The van der Waals surface area contributed by atoms with E-state index >= 15 is 0 Å². The van der Waals surface area contributed by atoms with Crippen molar-refractivity contribution in [2.24, 2.45) is 0 Å². The predicted molar refractivity (Wildman–Crippen MR) is 69.2 cm³/mol. The van der Waals surface area contributed by atoms with Crippen LogP contribution in [0, 0.1) is 0 Å². The Labute approximate surface area is 91.3 Å². The van der Waals surface area contributed by atoms with Gasteiger partial charge in [-0.2, -0.15) is 0 Å². The molecule has 0 fully saturated rings. The minimum Gasteiger partial charge on any atom is -0.210 e. The summed E-state index contributed by atoms with van der Waals surface area (Å²) in [4.78, 5) is 8.13. The van der Waals surface area contributed by atoms with Crippen LogP contribution in [0.1, 0.15) is 0 Å². The molecule has 0 N–H and O–H groups in total. The fraction of sp³-hybridized carbons (Fsp3) is 1.00. The van der Waals surface area contributed by atoms with Gasteiger partial charge in [0.25, 0.3) is 0 Å². The normalized spacial score (nSPS) is 14.8. The first kappa shape index (κ1) is 12.5. The zero-order valence-corrected chi connectivity index (χ0v) is 13.6. The molecular weight excluding hydrogens is 246 g/mol. The van der Waals surface area contributed by atoms with Crippen molar-refractivity contribution in [2.75, 3.05) is 4.34 Å². The van der Waals surface area contributed by atoms with Crippen LogP contribution in [0.5, 0.6) is 0 Å². The van der Waals surface area contributed by atoms with E-state index in [9.17, 15) is 0 Å². The lowest BCUT2D eigenvalue weighted by atomic mass is 11.8. The van der Waals surface area contributed by atoms with Gasteiger partial charge in [0.1, 0.15) is 4.86 Å². The van der Waals surface area contributed by atoms with Crippen LogP contribution < -0.4 is 8.54 Å². The van der Waals surface area contributed by atoms with Crippen molar-refractivity contribution < 1.29 is 4.20 Å². The van der Waals surface area contributed by atoms with Crippen LogP contribution in [0.25, 0.3) is 0 Å². The fourth-order valence-electron chi connectivity index (χ4n) is 1.80. The Kier molecular flexibility index (Phi) is 3.65. The van der Waals surface area contributed by atoms with Crippen LogP contribution in [0.3, 0.4) is 0 Å². The van der Waals surface area contributed by atoms with Crippen molar-refractivity contribution in [1.82, 2.24) is 9.72 Å². The third-order valence-corrected chi connectivity index (χ3v) is 11.3. The van der Waals surface area contributed by atoms with Crippen LogP contribution in [-0.4, -0.2) is 26.2 Å². The highest BCUT2D eigenvalue weighted by molar-refractivity contribution is 7.28. The Morgan fingerprint density at radius 1 is 1.07 bits per heavy atom. The Balaban J connectivity index is 3.08. The summed E-state index contributed by atoms with van der Waals surface area (Å²) in [6, 6.07) is 0. The Hall–Kier alpha value is 0.394. The Morgan fingerprint density at radius 3 is 1.86 bits per heavy atom. The molecule has 1 rings (SSSR count). The van der Waals surface area contributed by atoms with Crippen LogP contribution >= 0.6 is 17.0 Å². The van der Waals surface area contributed by atoms with Gasteiger partial charge in [-0.05, 0) is 0 Å². The molecule has 14 heavy (non-hydrogen) atoms. The molecule has 80 valence electrons. The van der Waals surface area contributed by atoms with Crippen molar-refractivity contribution in [3.8, 4) is 0 Å². The summed E-state index contributed by atoms with van der Waals surface area (Å²) in [6.07, 6.45) is 0. The summed E-state index contributed by atoms with van der Waals surface area (Å²) >= 11 is 0. The van der Waals surface area contributed by atoms with Gasteiger partial charge in [0.2, 0.25) is 8.51 Å². The van der Waals surface area contributed by atoms with Gasteiger partial charge in [-0.15, -0.1) is 4.20 Å². The molecule has 0 aliphatic rings. The number of rotatable bonds is 3. The second-order valence-corrected chi connectivity index (χ2v) is 17.2. The van der Waals surface area contributed by atoms with Gasteiger partial charge in [-0.25, -0.2) is 4.34 Å². The largest absolute Gasteiger partial charge is 0.376 e. The van der Waals surface area contributed by atoms with Gasteiger partial charge in [-0.3, -0.25) is 0 Å². The van der Waals surface area contributed by atoms with Crippen molar-refractivity contribution >= 4 is 33.5 Å². The molecule has 1 unspecified atom stereocenters. The highest BCUT2D eigenvalue weighted by atomic mass is 31.1. The summed E-state index contributed by atoms with van der Waals surface area (Å²) in [5.74, 6) is 0. The molecule has 1 atom stereocenters. The lowest BCUT2D eigenvalue weighted by Gasteiger charge is -2.39. The topological polar surface area (TPSA) is 32.9 Å². The molecule has 0 aliphatic heterocycles. The van der Waals surface area contributed by atoms with E-state index in [0.29, 0.717) is 8.51 Å². The second-order valence-electron chi connectivity index (χ2n) is 5.32. The quantitative estimate of drug-likeness (QED) is 0.784. The highest BCUT2D eigenvalue weighted by Gasteiger charge is 2.39. The Morgan fingerprint density at radius 2 is 1.57 bits per heavy atom. The first-order valence-corrected chi connectivity index (χ1v) is 13.3. The molecule has 0 saturated heterocycles. The zero-order chi connectivity index (χ0) is 11.0. The van der Waals surface area contributed by atoms with E-state index in [2.05, 4.69) is 57.5 Å². The number of aromatic nitrogens is 3. The average molecular weight is 265 g/mol. The van der Waals surface area contributed by atoms with Gasteiger partial charge in [0.05, 0.1) is 4.86 Å². The van der Waals surface area contributed by atoms with Crippen molar-refractivity contribution in [2.45, 2.75) is 39.3 Å². The second kappa shape index (κ2) is 4.10. The maximum absolute atomic E-state index is 4.08. The number of nitrogens with zero attached hydrogens (tertiary/aromatic N) is 4. The molecule has 1 aromatic rings. The maximum Gasteiger partial charge on any atom is 0.376 e. The van der Waals surface area contributed by atoms with E-state index in [0.717, 1.165) is 8.51 Å². The molecule has 0 bridgehead atoms. The van der Waals surface area contributed by atoms with E-state index in [4.69, 9.17) is 0 Å². The smallest absolute Gasteiger partial charge is 0.210 e. The van der Waals surface area contributed by atoms with Gasteiger partial charge in [0.15, 0.2) is 16.5 Å². The summed E-state index contributed by atoms with van der Waals surface area (Å²) in [7, 11) is -1.06. The van der Waals surface area contributed by atoms with E-state index < -0.39 is 16.5 Å². The van der Waals surface area contributed by atoms with E-state index in [-0.39, 0.29) is 0 Å². The van der Waals surface area contributed by atoms with E-state index in [1.807, 2.05) is 0 Å². The third-order valence-electron chi connectivity index (χ3n) is 1.76. The van der Waals surface area contributed by atoms with Crippen LogP contribution in [0.2, 0.25) is 39.3 Å². The number of hydrogen-bond acceptors (Lipinski definition) is 3. The molecule has 1 heterocycles. The minimum absolute atomic E-state index is 0.502. The molecular formula is C6H19N4P2Si2+. The Bertz CT molecular complexity index is 276. The van der Waals surface area contributed by atoms with Crippen LogP contribution in [0.4, 0.5) is 0 Å². The van der Waals surface area contributed by atoms with Crippen molar-refractivity contribution in [1.29, 1.82) is 0 Å². The molecule has 0 saturated carbocycles. The summed E-state index contributed by atoms with van der Waals surface area (Å²) in [5.41, 5.74) is 0. The molecule has 8 heteroatoms. The maximum atomic E-state index is 4.08. The SMILES string of the molecule is C[Si](C)(C)N([n+]1pnn[pH]1)[Si](C)(C)C. The first-order valence-electron chi connectivity index (χ1n) is 4.69. The van der Waals surface area contributed by atoms with Gasteiger partial charge < -0.3 is 0 Å². The molecule has 0 amide bonds. The van der Waals surface area contributed by atoms with E-state index in [1.165, 1.54) is 0 Å². The minimum atomic E-state index is -1.29. The van der Waals surface area contributed by atoms with Crippen LogP contribution in [0.15, 0.2) is 0 Å². The van der Waals surface area contributed by atoms with Gasteiger partial charge in [-0.1, -0.05) is 39.3 Å². The monoisotopic (exact) mass is 265 g/mol.